The highest BCUT2D eigenvalue weighted by atomic mass is 16.2. The lowest BCUT2D eigenvalue weighted by Crippen LogP contribution is -2.42. The summed E-state index contributed by atoms with van der Waals surface area (Å²) in [5.41, 5.74) is 2.28. The third-order valence-corrected chi connectivity index (χ3v) is 5.23. The molecule has 0 aromatic carbocycles. The molecular weight excluding hydrogens is 302 g/mol. The molecule has 0 unspecified atom stereocenters. The second-order valence-electron chi connectivity index (χ2n) is 6.74. The Bertz CT molecular complexity index is 689. The average molecular weight is 329 g/mol. The molecule has 1 aliphatic heterocycles. The van der Waals surface area contributed by atoms with E-state index in [1.54, 1.807) is 6.33 Å². The lowest BCUT2D eigenvalue weighted by molar-refractivity contribution is -0.135. The van der Waals surface area contributed by atoms with Gasteiger partial charge >= 0.3 is 0 Å². The van der Waals surface area contributed by atoms with Crippen molar-refractivity contribution < 1.29 is 4.79 Å². The van der Waals surface area contributed by atoms with Crippen molar-refractivity contribution in [1.29, 1.82) is 0 Å². The lowest BCUT2D eigenvalue weighted by atomic mass is 9.95. The molecule has 1 aliphatic rings. The maximum absolute atomic E-state index is 12.9. The number of aromatic nitrogens is 4. The second kappa shape index (κ2) is 6.79. The van der Waals surface area contributed by atoms with Crippen LogP contribution in [0.4, 0.5) is 0 Å². The molecule has 0 N–H and O–H groups in total. The first-order chi connectivity index (χ1) is 11.5. The van der Waals surface area contributed by atoms with E-state index in [-0.39, 0.29) is 11.9 Å². The zero-order valence-electron chi connectivity index (χ0n) is 15.1. The predicted molar refractivity (Wildman–Crippen MR) is 92.9 cm³/mol. The van der Waals surface area contributed by atoms with Gasteiger partial charge in [-0.2, -0.15) is 0 Å². The Kier molecular flexibility index (Phi) is 4.73. The Labute approximate surface area is 143 Å². The van der Waals surface area contributed by atoms with Gasteiger partial charge in [0.1, 0.15) is 18.2 Å². The molecular formula is C18H27N5O. The van der Waals surface area contributed by atoms with Crippen molar-refractivity contribution in [3.05, 3.63) is 35.7 Å². The summed E-state index contributed by atoms with van der Waals surface area (Å²) in [4.78, 5) is 14.9. The number of amides is 1. The van der Waals surface area contributed by atoms with Crippen molar-refractivity contribution in [3.63, 3.8) is 0 Å². The number of carbonyl (C=O) groups is 1. The molecule has 0 spiro atoms. The van der Waals surface area contributed by atoms with Crippen LogP contribution < -0.4 is 0 Å². The fourth-order valence-corrected chi connectivity index (χ4v) is 3.85. The molecule has 2 aromatic heterocycles. The van der Waals surface area contributed by atoms with Gasteiger partial charge in [0.25, 0.3) is 0 Å². The molecule has 2 aromatic rings. The van der Waals surface area contributed by atoms with Crippen molar-refractivity contribution in [2.75, 3.05) is 13.1 Å². The van der Waals surface area contributed by atoms with E-state index < -0.39 is 0 Å². The Hall–Kier alpha value is -2.11. The zero-order chi connectivity index (χ0) is 17.3. The van der Waals surface area contributed by atoms with Crippen LogP contribution in [0.5, 0.6) is 0 Å². The highest BCUT2D eigenvalue weighted by Gasteiger charge is 2.29. The van der Waals surface area contributed by atoms with Crippen LogP contribution in [0.25, 0.3) is 0 Å². The normalized spacial score (nSPS) is 17.2. The first kappa shape index (κ1) is 16.7. The number of hydrogen-bond acceptors (Lipinski definition) is 3. The van der Waals surface area contributed by atoms with Crippen LogP contribution in [-0.4, -0.2) is 43.2 Å². The monoisotopic (exact) mass is 329 g/mol. The highest BCUT2D eigenvalue weighted by Crippen LogP contribution is 2.28. The number of hydrogen-bond donors (Lipinski definition) is 0. The Morgan fingerprint density at radius 1 is 1.25 bits per heavy atom. The van der Waals surface area contributed by atoms with Gasteiger partial charge in [-0.15, -0.1) is 10.2 Å². The van der Waals surface area contributed by atoms with E-state index in [9.17, 15) is 4.79 Å². The SMILES string of the molecule is CCn1cnnc1C1CCN(C(=O)[C@@H](C)n2c(C)ccc2C)CC1. The van der Waals surface area contributed by atoms with Crippen molar-refractivity contribution in [2.45, 2.75) is 59.0 Å². The summed E-state index contributed by atoms with van der Waals surface area (Å²) in [6.45, 7) is 10.7. The van der Waals surface area contributed by atoms with Gasteiger partial charge in [-0.25, -0.2) is 0 Å². The number of aryl methyl sites for hydroxylation is 3. The first-order valence-electron chi connectivity index (χ1n) is 8.83. The maximum atomic E-state index is 12.9. The molecule has 6 nitrogen and oxygen atoms in total. The summed E-state index contributed by atoms with van der Waals surface area (Å²) < 4.78 is 4.24. The standard InChI is InChI=1S/C18H27N5O/c1-5-21-12-19-20-17(21)16-8-10-22(11-9-16)18(24)15(4)23-13(2)6-7-14(23)3/h6-7,12,15-16H,5,8-11H2,1-4H3/t15-/m1/s1. The summed E-state index contributed by atoms with van der Waals surface area (Å²) in [5, 5.41) is 8.32. The minimum absolute atomic E-state index is 0.143. The van der Waals surface area contributed by atoms with E-state index in [1.807, 2.05) is 11.8 Å². The summed E-state index contributed by atoms with van der Waals surface area (Å²) in [6, 6.07) is 4.00. The Morgan fingerprint density at radius 3 is 2.46 bits per heavy atom. The third kappa shape index (κ3) is 2.97. The predicted octanol–water partition coefficient (Wildman–Crippen LogP) is 2.68. The van der Waals surface area contributed by atoms with E-state index in [0.29, 0.717) is 5.92 Å². The van der Waals surface area contributed by atoms with Crippen LogP contribution in [-0.2, 0) is 11.3 Å². The number of rotatable bonds is 4. The van der Waals surface area contributed by atoms with Gasteiger partial charge in [0.15, 0.2) is 0 Å². The van der Waals surface area contributed by atoms with E-state index in [0.717, 1.165) is 49.7 Å². The molecule has 1 atom stereocenters. The van der Waals surface area contributed by atoms with Gasteiger partial charge in [0.2, 0.25) is 5.91 Å². The Balaban J connectivity index is 1.65. The topological polar surface area (TPSA) is 56.0 Å². The molecule has 1 fully saturated rings. The summed E-state index contributed by atoms with van der Waals surface area (Å²) >= 11 is 0. The van der Waals surface area contributed by atoms with E-state index in [2.05, 4.69) is 52.2 Å². The molecule has 6 heteroatoms. The largest absolute Gasteiger partial charge is 0.341 e. The molecule has 1 saturated heterocycles. The van der Waals surface area contributed by atoms with Gasteiger partial charge < -0.3 is 14.0 Å². The quantitative estimate of drug-likeness (QED) is 0.866. The van der Waals surface area contributed by atoms with Crippen molar-refractivity contribution in [1.82, 2.24) is 24.2 Å². The van der Waals surface area contributed by atoms with Crippen LogP contribution >= 0.6 is 0 Å². The van der Waals surface area contributed by atoms with Gasteiger partial charge in [-0.1, -0.05) is 0 Å². The van der Waals surface area contributed by atoms with Gasteiger partial charge in [-0.05, 0) is 52.7 Å². The number of piperidine rings is 1. The number of nitrogens with zero attached hydrogens (tertiary/aromatic N) is 5. The summed E-state index contributed by atoms with van der Waals surface area (Å²) in [5.74, 6) is 1.68. The minimum atomic E-state index is -0.143. The fourth-order valence-electron chi connectivity index (χ4n) is 3.85. The average Bonchev–Trinajstić information content (AvgIpc) is 3.20. The zero-order valence-corrected chi connectivity index (χ0v) is 15.1. The maximum Gasteiger partial charge on any atom is 0.245 e. The number of likely N-dealkylation sites (tertiary alicyclic amines) is 1. The van der Waals surface area contributed by atoms with Gasteiger partial charge in [0.05, 0.1) is 0 Å². The molecule has 0 bridgehead atoms. The third-order valence-electron chi connectivity index (χ3n) is 5.23. The molecule has 1 amide bonds. The van der Waals surface area contributed by atoms with Gasteiger partial charge in [0, 0.05) is 36.9 Å². The second-order valence-corrected chi connectivity index (χ2v) is 6.74. The first-order valence-corrected chi connectivity index (χ1v) is 8.83. The van der Waals surface area contributed by atoms with Crippen molar-refractivity contribution in [2.24, 2.45) is 0 Å². The van der Waals surface area contributed by atoms with Gasteiger partial charge in [-0.3, -0.25) is 4.79 Å². The van der Waals surface area contributed by atoms with Crippen LogP contribution in [0.15, 0.2) is 18.5 Å². The molecule has 0 radical (unpaired) electrons. The fraction of sp³-hybridized carbons (Fsp3) is 0.611. The Morgan fingerprint density at radius 2 is 1.88 bits per heavy atom. The van der Waals surface area contributed by atoms with Crippen LogP contribution in [0, 0.1) is 13.8 Å². The highest BCUT2D eigenvalue weighted by molar-refractivity contribution is 5.80. The van der Waals surface area contributed by atoms with Crippen LogP contribution in [0.1, 0.15) is 55.9 Å². The molecule has 3 heterocycles. The van der Waals surface area contributed by atoms with Crippen LogP contribution in [0.2, 0.25) is 0 Å². The summed E-state index contributed by atoms with van der Waals surface area (Å²) in [6.07, 6.45) is 3.72. The van der Waals surface area contributed by atoms with E-state index in [1.165, 1.54) is 0 Å². The van der Waals surface area contributed by atoms with Crippen LogP contribution in [0.3, 0.4) is 0 Å². The van der Waals surface area contributed by atoms with E-state index >= 15 is 0 Å². The molecule has 24 heavy (non-hydrogen) atoms. The van der Waals surface area contributed by atoms with Crippen molar-refractivity contribution >= 4 is 5.91 Å². The van der Waals surface area contributed by atoms with Crippen molar-refractivity contribution in [3.8, 4) is 0 Å². The molecule has 0 saturated carbocycles. The molecule has 130 valence electrons. The molecule has 3 rings (SSSR count). The molecule has 0 aliphatic carbocycles. The lowest BCUT2D eigenvalue weighted by Gasteiger charge is -2.34. The van der Waals surface area contributed by atoms with E-state index in [4.69, 9.17) is 0 Å². The minimum Gasteiger partial charge on any atom is -0.341 e. The summed E-state index contributed by atoms with van der Waals surface area (Å²) in [7, 11) is 0. The number of carbonyl (C=O) groups excluding carboxylic acids is 1. The smallest absolute Gasteiger partial charge is 0.245 e.